The molecule has 1 aliphatic rings. The maximum absolute atomic E-state index is 10.8. The van der Waals surface area contributed by atoms with Crippen molar-refractivity contribution in [1.82, 2.24) is 9.97 Å². The lowest BCUT2D eigenvalue weighted by Gasteiger charge is -2.14. The van der Waals surface area contributed by atoms with Crippen LogP contribution in [0.5, 0.6) is 0 Å². The predicted octanol–water partition coefficient (Wildman–Crippen LogP) is -0.393. The first-order valence-electron chi connectivity index (χ1n) is 4.97. The molecule has 0 amide bonds. The summed E-state index contributed by atoms with van der Waals surface area (Å²) in [7, 11) is 0. The van der Waals surface area contributed by atoms with E-state index in [1.165, 1.54) is 0 Å². The summed E-state index contributed by atoms with van der Waals surface area (Å²) >= 11 is 0. The van der Waals surface area contributed by atoms with Crippen molar-refractivity contribution < 1.29 is 10.0 Å². The summed E-state index contributed by atoms with van der Waals surface area (Å²) in [5, 5.41) is 22.8. The fraction of sp³-hybridized carbons (Fsp3) is 0.500. The summed E-state index contributed by atoms with van der Waals surface area (Å²) in [5.41, 5.74) is 1.47. The number of aromatic nitrogens is 2. The Balaban J connectivity index is 2.31. The minimum absolute atomic E-state index is 0.0597. The summed E-state index contributed by atoms with van der Waals surface area (Å²) in [5.74, 6) is 5.27. The number of hydrogen-bond donors (Lipinski definition) is 4. The van der Waals surface area contributed by atoms with Crippen molar-refractivity contribution in [2.75, 3.05) is 17.3 Å². The highest BCUT2D eigenvalue weighted by Gasteiger charge is 2.43. The molecule has 9 nitrogen and oxygen atoms in total. The second-order valence-electron chi connectivity index (χ2n) is 3.89. The Morgan fingerprint density at radius 1 is 1.65 bits per heavy atom. The second-order valence-corrected chi connectivity index (χ2v) is 3.89. The molecule has 1 aromatic heterocycles. The molecule has 0 unspecified atom stereocenters. The number of nitrogens with one attached hydrogen (secondary N) is 2. The van der Waals surface area contributed by atoms with Crippen LogP contribution in [0.2, 0.25) is 0 Å². The van der Waals surface area contributed by atoms with Gasteiger partial charge in [-0.15, -0.1) is 0 Å². The molecule has 0 radical (unpaired) electrons. The Morgan fingerprint density at radius 3 is 2.82 bits per heavy atom. The third kappa shape index (κ3) is 2.24. The number of rotatable bonds is 5. The molecule has 2 rings (SSSR count). The SMILES string of the molecule is NNc1ncc([N+](=O)[O-])c(NC2(CO)CC2)n1. The number of nitro groups is 1. The number of aliphatic hydroxyl groups excluding tert-OH is 1. The van der Waals surface area contributed by atoms with Crippen molar-refractivity contribution >= 4 is 17.5 Å². The van der Waals surface area contributed by atoms with Crippen LogP contribution in [0.1, 0.15) is 12.8 Å². The first-order valence-corrected chi connectivity index (χ1v) is 4.97. The first kappa shape index (κ1) is 11.5. The third-order valence-electron chi connectivity index (χ3n) is 2.64. The Kier molecular flexibility index (Phi) is 2.77. The number of anilines is 2. The Hall–Kier alpha value is -2.00. The fourth-order valence-electron chi connectivity index (χ4n) is 1.40. The highest BCUT2D eigenvalue weighted by molar-refractivity contribution is 5.59. The van der Waals surface area contributed by atoms with E-state index >= 15 is 0 Å². The molecular weight excluding hydrogens is 228 g/mol. The summed E-state index contributed by atoms with van der Waals surface area (Å²) in [4.78, 5) is 17.7. The number of nitrogens with zero attached hydrogens (tertiary/aromatic N) is 3. The second kappa shape index (κ2) is 4.11. The van der Waals surface area contributed by atoms with Gasteiger partial charge in [0, 0.05) is 0 Å². The van der Waals surface area contributed by atoms with Gasteiger partial charge in [0.2, 0.25) is 11.8 Å². The van der Waals surface area contributed by atoms with Gasteiger partial charge in [-0.2, -0.15) is 4.98 Å². The standard InChI is InChI=1S/C8H12N6O3/c9-13-7-10-3-5(14(16)17)6(11-7)12-8(4-15)1-2-8/h3,15H,1-2,4,9H2,(H2,10,11,12,13). The van der Waals surface area contributed by atoms with E-state index in [0.29, 0.717) is 0 Å². The molecule has 92 valence electrons. The van der Waals surface area contributed by atoms with Crippen LogP contribution in [0, 0.1) is 10.1 Å². The molecule has 5 N–H and O–H groups in total. The summed E-state index contributed by atoms with van der Waals surface area (Å²) in [6.45, 7) is -0.0977. The lowest BCUT2D eigenvalue weighted by Crippen LogP contribution is -2.27. The zero-order chi connectivity index (χ0) is 12.5. The normalized spacial score (nSPS) is 16.4. The molecule has 1 aromatic rings. The molecule has 0 atom stereocenters. The lowest BCUT2D eigenvalue weighted by atomic mass is 10.3. The van der Waals surface area contributed by atoms with Gasteiger partial charge in [0.25, 0.3) is 0 Å². The monoisotopic (exact) mass is 240 g/mol. The minimum atomic E-state index is -0.587. The highest BCUT2D eigenvalue weighted by Crippen LogP contribution is 2.39. The van der Waals surface area contributed by atoms with Crippen LogP contribution in [0.15, 0.2) is 6.20 Å². The van der Waals surface area contributed by atoms with Crippen molar-refractivity contribution in [3.8, 4) is 0 Å². The largest absolute Gasteiger partial charge is 0.394 e. The molecule has 17 heavy (non-hydrogen) atoms. The maximum Gasteiger partial charge on any atom is 0.329 e. The van der Waals surface area contributed by atoms with E-state index < -0.39 is 10.5 Å². The van der Waals surface area contributed by atoms with Crippen LogP contribution in [0.25, 0.3) is 0 Å². The van der Waals surface area contributed by atoms with Gasteiger partial charge in [-0.3, -0.25) is 15.5 Å². The van der Waals surface area contributed by atoms with Gasteiger partial charge in [-0.05, 0) is 12.8 Å². The molecule has 1 aliphatic carbocycles. The average Bonchev–Trinajstić information content (AvgIpc) is 3.09. The molecule has 0 aliphatic heterocycles. The molecule has 1 fully saturated rings. The quantitative estimate of drug-likeness (QED) is 0.310. The number of hydrazine groups is 1. The van der Waals surface area contributed by atoms with Crippen LogP contribution in [-0.2, 0) is 0 Å². The topological polar surface area (TPSA) is 139 Å². The fourth-order valence-corrected chi connectivity index (χ4v) is 1.40. The molecule has 0 spiro atoms. The van der Waals surface area contributed by atoms with E-state index in [4.69, 9.17) is 10.9 Å². The Morgan fingerprint density at radius 2 is 2.35 bits per heavy atom. The van der Waals surface area contributed by atoms with Gasteiger partial charge in [0.1, 0.15) is 6.20 Å². The van der Waals surface area contributed by atoms with Crippen LogP contribution >= 0.6 is 0 Å². The maximum atomic E-state index is 10.8. The Bertz CT molecular complexity index is 447. The third-order valence-corrected chi connectivity index (χ3v) is 2.64. The molecule has 1 heterocycles. The van der Waals surface area contributed by atoms with Crippen LogP contribution in [0.3, 0.4) is 0 Å². The molecular formula is C8H12N6O3. The van der Waals surface area contributed by atoms with Gasteiger partial charge in [0.05, 0.1) is 17.1 Å². The predicted molar refractivity (Wildman–Crippen MR) is 59.2 cm³/mol. The van der Waals surface area contributed by atoms with E-state index in [9.17, 15) is 10.1 Å². The summed E-state index contributed by atoms with van der Waals surface area (Å²) in [6.07, 6.45) is 2.56. The smallest absolute Gasteiger partial charge is 0.329 e. The zero-order valence-electron chi connectivity index (χ0n) is 8.88. The van der Waals surface area contributed by atoms with E-state index in [1.807, 2.05) is 0 Å². The van der Waals surface area contributed by atoms with Crippen LogP contribution in [0.4, 0.5) is 17.5 Å². The highest BCUT2D eigenvalue weighted by atomic mass is 16.6. The average molecular weight is 240 g/mol. The van der Waals surface area contributed by atoms with Gasteiger partial charge in [-0.1, -0.05) is 0 Å². The van der Waals surface area contributed by atoms with Crippen LogP contribution < -0.4 is 16.6 Å². The van der Waals surface area contributed by atoms with Gasteiger partial charge in [0.15, 0.2) is 0 Å². The van der Waals surface area contributed by atoms with Crippen molar-refractivity contribution in [3.63, 3.8) is 0 Å². The van der Waals surface area contributed by atoms with Crippen LogP contribution in [-0.4, -0.2) is 32.1 Å². The van der Waals surface area contributed by atoms with Crippen molar-refractivity contribution in [3.05, 3.63) is 16.3 Å². The summed E-state index contributed by atoms with van der Waals surface area (Å²) < 4.78 is 0. The van der Waals surface area contributed by atoms with E-state index in [2.05, 4.69) is 20.7 Å². The molecule has 1 saturated carbocycles. The molecule has 0 aromatic carbocycles. The lowest BCUT2D eigenvalue weighted by molar-refractivity contribution is -0.384. The van der Waals surface area contributed by atoms with E-state index in [-0.39, 0.29) is 24.1 Å². The number of hydrogen-bond acceptors (Lipinski definition) is 8. The minimum Gasteiger partial charge on any atom is -0.394 e. The molecule has 9 heteroatoms. The van der Waals surface area contributed by atoms with E-state index in [1.54, 1.807) is 0 Å². The van der Waals surface area contributed by atoms with Gasteiger partial charge >= 0.3 is 5.69 Å². The number of aliphatic hydroxyl groups is 1. The van der Waals surface area contributed by atoms with Gasteiger partial charge < -0.3 is 10.4 Å². The van der Waals surface area contributed by atoms with Gasteiger partial charge in [-0.25, -0.2) is 10.8 Å². The Labute approximate surface area is 96.2 Å². The van der Waals surface area contributed by atoms with E-state index in [0.717, 1.165) is 19.0 Å². The number of nitrogens with two attached hydrogens (primary N) is 1. The van der Waals surface area contributed by atoms with Crippen molar-refractivity contribution in [2.24, 2.45) is 5.84 Å². The number of nitrogen functional groups attached to an aromatic ring is 1. The summed E-state index contributed by atoms with van der Waals surface area (Å²) in [6, 6.07) is 0. The van der Waals surface area contributed by atoms with Crippen molar-refractivity contribution in [1.29, 1.82) is 0 Å². The zero-order valence-corrected chi connectivity index (χ0v) is 8.88. The molecule has 0 saturated heterocycles. The van der Waals surface area contributed by atoms with Crippen molar-refractivity contribution in [2.45, 2.75) is 18.4 Å². The first-order chi connectivity index (χ1) is 8.10. The molecule has 0 bridgehead atoms.